The number of imide groups is 1. The van der Waals surface area contributed by atoms with E-state index in [9.17, 15) is 18.8 Å². The Morgan fingerprint density at radius 1 is 0.925 bits per heavy atom. The van der Waals surface area contributed by atoms with Crippen molar-refractivity contribution in [1.82, 2.24) is 4.90 Å². The molecule has 0 bridgehead atoms. The Labute approximate surface area is 234 Å². The summed E-state index contributed by atoms with van der Waals surface area (Å²) < 4.78 is 25.2. The average Bonchev–Trinajstić information content (AvgIpc) is 3.19. The zero-order valence-electron chi connectivity index (χ0n) is 21.6. The maximum Gasteiger partial charge on any atom is 0.294 e. The SMILES string of the molecule is CCOc1cc(/C=C2/SC(=O)N(CC(=O)Nc3cccc(F)c3)C2=O)ccc1OCc1ccc2ccccc2c1. The molecule has 1 aliphatic rings. The summed E-state index contributed by atoms with van der Waals surface area (Å²) in [6.45, 7) is 2.14. The molecule has 1 saturated heterocycles. The molecule has 1 fully saturated rings. The van der Waals surface area contributed by atoms with E-state index >= 15 is 0 Å². The average molecular weight is 557 g/mol. The van der Waals surface area contributed by atoms with Crippen molar-refractivity contribution in [3.05, 3.63) is 107 Å². The first kappa shape index (κ1) is 27.0. The zero-order chi connectivity index (χ0) is 28.1. The van der Waals surface area contributed by atoms with Gasteiger partial charge >= 0.3 is 0 Å². The molecule has 0 radical (unpaired) electrons. The molecule has 0 aromatic heterocycles. The number of nitrogens with zero attached hydrogens (tertiary/aromatic N) is 1. The van der Waals surface area contributed by atoms with Crippen LogP contribution in [-0.2, 0) is 16.2 Å². The lowest BCUT2D eigenvalue weighted by Gasteiger charge is -2.13. The van der Waals surface area contributed by atoms with Crippen LogP contribution in [0.5, 0.6) is 11.5 Å². The van der Waals surface area contributed by atoms with E-state index in [2.05, 4.69) is 29.6 Å². The minimum atomic E-state index is -0.610. The van der Waals surface area contributed by atoms with E-state index in [-0.39, 0.29) is 10.6 Å². The number of thioether (sulfide) groups is 1. The Hall–Kier alpha value is -4.63. The van der Waals surface area contributed by atoms with Crippen LogP contribution < -0.4 is 14.8 Å². The molecule has 7 nitrogen and oxygen atoms in total. The molecule has 0 atom stereocenters. The van der Waals surface area contributed by atoms with Crippen LogP contribution in [0.3, 0.4) is 0 Å². The first-order valence-electron chi connectivity index (χ1n) is 12.6. The molecule has 0 unspecified atom stereocenters. The fraction of sp³-hybridized carbons (Fsp3) is 0.129. The van der Waals surface area contributed by atoms with Crippen LogP contribution in [-0.4, -0.2) is 35.1 Å². The van der Waals surface area contributed by atoms with Crippen LogP contribution in [0.15, 0.2) is 89.8 Å². The summed E-state index contributed by atoms with van der Waals surface area (Å²) in [5, 5.41) is 4.21. The van der Waals surface area contributed by atoms with Crippen molar-refractivity contribution in [2.24, 2.45) is 0 Å². The van der Waals surface area contributed by atoms with Gasteiger partial charge < -0.3 is 14.8 Å². The highest BCUT2D eigenvalue weighted by atomic mass is 32.2. The second-order valence-corrected chi connectivity index (χ2v) is 9.93. The predicted octanol–water partition coefficient (Wildman–Crippen LogP) is 6.63. The van der Waals surface area contributed by atoms with E-state index in [1.807, 2.05) is 25.1 Å². The maximum absolute atomic E-state index is 13.4. The molecule has 0 saturated carbocycles. The van der Waals surface area contributed by atoms with Gasteiger partial charge in [0, 0.05) is 5.69 Å². The van der Waals surface area contributed by atoms with Gasteiger partial charge in [-0.2, -0.15) is 0 Å². The lowest BCUT2D eigenvalue weighted by atomic mass is 10.1. The number of hydrogen-bond donors (Lipinski definition) is 1. The van der Waals surface area contributed by atoms with Crippen molar-refractivity contribution in [3.8, 4) is 11.5 Å². The zero-order valence-corrected chi connectivity index (χ0v) is 22.4. The normalized spacial score (nSPS) is 14.2. The van der Waals surface area contributed by atoms with E-state index in [0.29, 0.717) is 30.3 Å². The van der Waals surface area contributed by atoms with Gasteiger partial charge in [0.25, 0.3) is 11.1 Å². The van der Waals surface area contributed by atoms with Crippen LogP contribution in [0.4, 0.5) is 14.9 Å². The summed E-state index contributed by atoms with van der Waals surface area (Å²) in [5.41, 5.74) is 1.88. The van der Waals surface area contributed by atoms with Gasteiger partial charge in [-0.15, -0.1) is 0 Å². The number of halogens is 1. The number of carbonyl (C=O) groups is 3. The van der Waals surface area contributed by atoms with Crippen LogP contribution in [0.25, 0.3) is 16.8 Å². The number of anilines is 1. The van der Waals surface area contributed by atoms with Gasteiger partial charge in [-0.25, -0.2) is 4.39 Å². The lowest BCUT2D eigenvalue weighted by Crippen LogP contribution is -2.36. The summed E-state index contributed by atoms with van der Waals surface area (Å²) in [6.07, 6.45) is 1.57. The Bertz CT molecular complexity index is 1640. The molecular formula is C31H25FN2O5S. The van der Waals surface area contributed by atoms with Gasteiger partial charge in [0.1, 0.15) is 19.0 Å². The van der Waals surface area contributed by atoms with Crippen molar-refractivity contribution < 1.29 is 28.2 Å². The van der Waals surface area contributed by atoms with Crippen molar-refractivity contribution >= 4 is 51.4 Å². The fourth-order valence-electron chi connectivity index (χ4n) is 4.19. The predicted molar refractivity (Wildman–Crippen MR) is 154 cm³/mol. The third-order valence-corrected chi connectivity index (χ3v) is 6.96. The Morgan fingerprint density at radius 3 is 2.55 bits per heavy atom. The van der Waals surface area contributed by atoms with Crippen molar-refractivity contribution in [1.29, 1.82) is 0 Å². The highest BCUT2D eigenvalue weighted by molar-refractivity contribution is 8.18. The standard InChI is InChI=1S/C31H25FN2O5S/c1-2-38-27-15-20(11-13-26(27)39-19-21-10-12-22-6-3-4-7-23(22)14-21)16-28-30(36)34(31(37)40-28)18-29(35)33-25-9-5-8-24(32)17-25/h3-17H,2,18-19H2,1H3,(H,33,35)/b28-16+. The quantitative estimate of drug-likeness (QED) is 0.233. The lowest BCUT2D eigenvalue weighted by molar-refractivity contribution is -0.127. The second-order valence-electron chi connectivity index (χ2n) is 8.94. The highest BCUT2D eigenvalue weighted by Gasteiger charge is 2.36. The molecule has 0 aliphatic carbocycles. The van der Waals surface area contributed by atoms with E-state index < -0.39 is 29.4 Å². The molecule has 202 valence electrons. The number of fused-ring (bicyclic) bond motifs is 1. The molecule has 1 heterocycles. The monoisotopic (exact) mass is 556 g/mol. The largest absolute Gasteiger partial charge is 0.490 e. The Balaban J connectivity index is 1.27. The van der Waals surface area contributed by atoms with Crippen LogP contribution >= 0.6 is 11.8 Å². The number of rotatable bonds is 9. The smallest absolute Gasteiger partial charge is 0.294 e. The van der Waals surface area contributed by atoms with Crippen molar-refractivity contribution in [2.45, 2.75) is 13.5 Å². The first-order chi connectivity index (χ1) is 19.4. The van der Waals surface area contributed by atoms with Gasteiger partial charge in [-0.3, -0.25) is 19.3 Å². The van der Waals surface area contributed by atoms with E-state index in [1.165, 1.54) is 18.2 Å². The maximum atomic E-state index is 13.4. The number of hydrogen-bond acceptors (Lipinski definition) is 6. The molecular weight excluding hydrogens is 531 g/mol. The van der Waals surface area contributed by atoms with E-state index in [1.54, 1.807) is 24.3 Å². The fourth-order valence-corrected chi connectivity index (χ4v) is 5.03. The molecule has 3 amide bonds. The van der Waals surface area contributed by atoms with Gasteiger partial charge in [0.05, 0.1) is 11.5 Å². The molecule has 1 aliphatic heterocycles. The van der Waals surface area contributed by atoms with E-state index in [4.69, 9.17) is 9.47 Å². The Morgan fingerprint density at radius 2 is 1.75 bits per heavy atom. The van der Waals surface area contributed by atoms with E-state index in [0.717, 1.165) is 39.1 Å². The summed E-state index contributed by atoms with van der Waals surface area (Å²) in [4.78, 5) is 38.8. The minimum Gasteiger partial charge on any atom is -0.490 e. The molecule has 0 spiro atoms. The number of benzene rings is 4. The molecule has 5 rings (SSSR count). The van der Waals surface area contributed by atoms with Crippen LogP contribution in [0.2, 0.25) is 0 Å². The highest BCUT2D eigenvalue weighted by Crippen LogP contribution is 2.35. The number of carbonyl (C=O) groups excluding carboxylic acids is 3. The topological polar surface area (TPSA) is 84.9 Å². The van der Waals surface area contributed by atoms with Gasteiger partial charge in [0.15, 0.2) is 11.5 Å². The minimum absolute atomic E-state index is 0.177. The third kappa shape index (κ3) is 6.32. The van der Waals surface area contributed by atoms with Crippen molar-refractivity contribution in [3.63, 3.8) is 0 Å². The molecule has 4 aromatic rings. The summed E-state index contributed by atoms with van der Waals surface area (Å²) in [6, 6.07) is 24.9. The first-order valence-corrected chi connectivity index (χ1v) is 13.4. The van der Waals surface area contributed by atoms with Gasteiger partial charge in [-0.05, 0) is 83.1 Å². The number of amides is 3. The molecule has 40 heavy (non-hydrogen) atoms. The summed E-state index contributed by atoms with van der Waals surface area (Å²) in [7, 11) is 0. The number of nitrogens with one attached hydrogen (secondary N) is 1. The van der Waals surface area contributed by atoms with Gasteiger partial charge in [0.2, 0.25) is 5.91 Å². The second kappa shape index (κ2) is 12.0. The van der Waals surface area contributed by atoms with Gasteiger partial charge in [-0.1, -0.05) is 48.5 Å². The van der Waals surface area contributed by atoms with Crippen LogP contribution in [0, 0.1) is 5.82 Å². The van der Waals surface area contributed by atoms with Crippen LogP contribution in [0.1, 0.15) is 18.1 Å². The van der Waals surface area contributed by atoms with Crippen molar-refractivity contribution in [2.75, 3.05) is 18.5 Å². The molecule has 4 aromatic carbocycles. The summed E-state index contributed by atoms with van der Waals surface area (Å²) >= 11 is 0.746. The number of ether oxygens (including phenoxy) is 2. The molecule has 9 heteroatoms. The molecule has 1 N–H and O–H groups in total. The summed E-state index contributed by atoms with van der Waals surface area (Å²) in [5.74, 6) is -0.650. The Kier molecular flexibility index (Phi) is 8.12. The third-order valence-electron chi connectivity index (χ3n) is 6.06.